The molecule has 2 unspecified atom stereocenters. The second kappa shape index (κ2) is 5.30. The molecule has 23 heavy (non-hydrogen) atoms. The summed E-state index contributed by atoms with van der Waals surface area (Å²) in [4.78, 5) is 25.3. The summed E-state index contributed by atoms with van der Waals surface area (Å²) in [5.41, 5.74) is -1.28. The monoisotopic (exact) mass is 354 g/mol. The third-order valence-electron chi connectivity index (χ3n) is 5.65. The number of carbonyl (C=O) groups excluding carboxylic acids is 2. The number of thiophene rings is 1. The number of rotatable bonds is 4. The Hall–Kier alpha value is -0.910. The highest BCUT2D eigenvalue weighted by Gasteiger charge is 2.60. The van der Waals surface area contributed by atoms with E-state index in [2.05, 4.69) is 0 Å². The standard InChI is InChI=1S/C17H19ClO4S/c18-14-2-1-13(23-14)12(19)8-22-15(20)16-4-10-3-11(5-16)7-17(21,6-10)9-16/h1-2,10-11,21H,3-9H2/t10-,11+,16?,17?. The maximum absolute atomic E-state index is 12.7. The van der Waals surface area contributed by atoms with Crippen LogP contribution in [-0.2, 0) is 9.53 Å². The van der Waals surface area contributed by atoms with Crippen LogP contribution < -0.4 is 0 Å². The molecule has 1 aromatic rings. The molecule has 4 bridgehead atoms. The third kappa shape index (κ3) is 2.73. The summed E-state index contributed by atoms with van der Waals surface area (Å²) in [6.45, 7) is -0.245. The van der Waals surface area contributed by atoms with Crippen molar-refractivity contribution in [2.45, 2.75) is 44.1 Å². The Bertz CT molecular complexity index is 653. The van der Waals surface area contributed by atoms with Gasteiger partial charge in [0, 0.05) is 0 Å². The van der Waals surface area contributed by atoms with Crippen molar-refractivity contribution in [2.75, 3.05) is 6.61 Å². The topological polar surface area (TPSA) is 63.6 Å². The first-order valence-electron chi connectivity index (χ1n) is 8.06. The van der Waals surface area contributed by atoms with Gasteiger partial charge in [-0.1, -0.05) is 11.6 Å². The first-order valence-corrected chi connectivity index (χ1v) is 9.25. The minimum Gasteiger partial charge on any atom is -0.457 e. The fourth-order valence-corrected chi connectivity index (χ4v) is 6.24. The zero-order valence-corrected chi connectivity index (χ0v) is 14.3. The van der Waals surface area contributed by atoms with Crippen LogP contribution in [0.1, 0.15) is 48.2 Å². The summed E-state index contributed by atoms with van der Waals surface area (Å²) < 4.78 is 5.91. The Kier molecular flexibility index (Phi) is 3.59. The third-order valence-corrected chi connectivity index (χ3v) is 6.92. The lowest BCUT2D eigenvalue weighted by Crippen LogP contribution is -2.58. The number of ketones is 1. The van der Waals surface area contributed by atoms with Crippen LogP contribution in [0.5, 0.6) is 0 Å². The number of ether oxygens (including phenoxy) is 1. The molecule has 0 aromatic carbocycles. The van der Waals surface area contributed by atoms with E-state index < -0.39 is 11.0 Å². The molecule has 4 nitrogen and oxygen atoms in total. The zero-order chi connectivity index (χ0) is 16.2. The molecule has 0 aliphatic heterocycles. The summed E-state index contributed by atoms with van der Waals surface area (Å²) in [6, 6.07) is 3.31. The number of aliphatic hydroxyl groups is 1. The van der Waals surface area contributed by atoms with Crippen LogP contribution in [0.2, 0.25) is 4.34 Å². The van der Waals surface area contributed by atoms with Crippen molar-refractivity contribution in [1.29, 1.82) is 0 Å². The highest BCUT2D eigenvalue weighted by molar-refractivity contribution is 7.18. The lowest BCUT2D eigenvalue weighted by molar-refractivity contribution is -0.195. The summed E-state index contributed by atoms with van der Waals surface area (Å²) in [5, 5.41) is 10.7. The van der Waals surface area contributed by atoms with Crippen LogP contribution in [0.3, 0.4) is 0 Å². The number of Topliss-reactive ketones (excluding diaryl/α,β-unsaturated/α-hetero) is 1. The van der Waals surface area contributed by atoms with Gasteiger partial charge >= 0.3 is 5.97 Å². The highest BCUT2D eigenvalue weighted by Crippen LogP contribution is 2.61. The van der Waals surface area contributed by atoms with Gasteiger partial charge in [-0.3, -0.25) is 9.59 Å². The molecular weight excluding hydrogens is 336 g/mol. The maximum Gasteiger partial charge on any atom is 0.312 e. The van der Waals surface area contributed by atoms with Crippen molar-refractivity contribution in [1.82, 2.24) is 0 Å². The van der Waals surface area contributed by atoms with Gasteiger partial charge in [-0.2, -0.15) is 0 Å². The molecule has 0 spiro atoms. The second-order valence-electron chi connectivity index (χ2n) is 7.57. The molecule has 5 rings (SSSR count). The molecule has 6 heteroatoms. The van der Waals surface area contributed by atoms with E-state index >= 15 is 0 Å². The van der Waals surface area contributed by atoms with E-state index in [-0.39, 0.29) is 18.4 Å². The van der Waals surface area contributed by atoms with Crippen molar-refractivity contribution in [2.24, 2.45) is 17.3 Å². The van der Waals surface area contributed by atoms with Crippen molar-refractivity contribution in [3.63, 3.8) is 0 Å². The van der Waals surface area contributed by atoms with Gasteiger partial charge in [-0.15, -0.1) is 11.3 Å². The number of hydrogen-bond donors (Lipinski definition) is 1. The number of halogens is 1. The minimum absolute atomic E-state index is 0.223. The Morgan fingerprint density at radius 2 is 1.96 bits per heavy atom. The van der Waals surface area contributed by atoms with E-state index in [0.29, 0.717) is 27.5 Å². The summed E-state index contributed by atoms with van der Waals surface area (Å²) in [7, 11) is 0. The lowest BCUT2D eigenvalue weighted by atomic mass is 9.48. The first kappa shape index (κ1) is 15.6. The van der Waals surface area contributed by atoms with Crippen LogP contribution >= 0.6 is 22.9 Å². The van der Waals surface area contributed by atoms with Gasteiger partial charge in [-0.25, -0.2) is 0 Å². The largest absolute Gasteiger partial charge is 0.457 e. The van der Waals surface area contributed by atoms with E-state index in [4.69, 9.17) is 16.3 Å². The highest BCUT2D eigenvalue weighted by atomic mass is 35.5. The number of carbonyl (C=O) groups is 2. The maximum atomic E-state index is 12.7. The molecule has 4 aliphatic carbocycles. The molecule has 0 saturated heterocycles. The van der Waals surface area contributed by atoms with Gasteiger partial charge in [0.1, 0.15) is 0 Å². The molecule has 4 saturated carbocycles. The fraction of sp³-hybridized carbons (Fsp3) is 0.647. The van der Waals surface area contributed by atoms with E-state index in [1.807, 2.05) is 0 Å². The Balaban J connectivity index is 1.44. The van der Waals surface area contributed by atoms with Crippen molar-refractivity contribution < 1.29 is 19.4 Å². The average Bonchev–Trinajstić information content (AvgIpc) is 2.88. The first-order chi connectivity index (χ1) is 10.9. The number of hydrogen-bond acceptors (Lipinski definition) is 5. The van der Waals surface area contributed by atoms with Crippen LogP contribution in [0.4, 0.5) is 0 Å². The van der Waals surface area contributed by atoms with Crippen LogP contribution in [-0.4, -0.2) is 29.1 Å². The molecule has 0 radical (unpaired) electrons. The zero-order valence-electron chi connectivity index (χ0n) is 12.7. The lowest BCUT2D eigenvalue weighted by Gasteiger charge is -2.58. The molecule has 124 valence electrons. The van der Waals surface area contributed by atoms with Crippen molar-refractivity contribution in [3.8, 4) is 0 Å². The Morgan fingerprint density at radius 1 is 1.26 bits per heavy atom. The van der Waals surface area contributed by atoms with Gasteiger partial charge < -0.3 is 9.84 Å². The quantitative estimate of drug-likeness (QED) is 0.664. The van der Waals surface area contributed by atoms with Crippen molar-refractivity contribution in [3.05, 3.63) is 21.3 Å². The minimum atomic E-state index is -0.700. The fourth-order valence-electron chi connectivity index (χ4n) is 5.27. The van der Waals surface area contributed by atoms with Crippen LogP contribution in [0, 0.1) is 17.3 Å². The van der Waals surface area contributed by atoms with Gasteiger partial charge in [0.05, 0.1) is 20.2 Å². The van der Waals surface area contributed by atoms with E-state index in [9.17, 15) is 14.7 Å². The Morgan fingerprint density at radius 3 is 2.52 bits per heavy atom. The Labute approximate surface area is 143 Å². The molecular formula is C17H19ClO4S. The summed E-state index contributed by atoms with van der Waals surface area (Å²) in [6.07, 6.45) is 4.82. The smallest absolute Gasteiger partial charge is 0.312 e. The number of esters is 1. The van der Waals surface area contributed by atoms with Gasteiger partial charge in [0.25, 0.3) is 0 Å². The molecule has 4 atom stereocenters. The summed E-state index contributed by atoms with van der Waals surface area (Å²) >= 11 is 7.02. The predicted molar refractivity (Wildman–Crippen MR) is 86.7 cm³/mol. The van der Waals surface area contributed by atoms with Gasteiger partial charge in [0.15, 0.2) is 6.61 Å². The predicted octanol–water partition coefficient (Wildman–Crippen LogP) is 3.46. The van der Waals surface area contributed by atoms with Gasteiger partial charge in [-0.05, 0) is 62.5 Å². The molecule has 1 aromatic heterocycles. The average molecular weight is 355 g/mol. The molecule has 1 heterocycles. The molecule has 0 amide bonds. The second-order valence-corrected chi connectivity index (χ2v) is 9.28. The van der Waals surface area contributed by atoms with Gasteiger partial charge in [0.2, 0.25) is 5.78 Å². The molecule has 4 aliphatic rings. The SMILES string of the molecule is O=C(COC(=O)C12C[C@@H]3C[C@@H](CC(O)(C3)C1)C2)c1ccc(Cl)s1. The van der Waals surface area contributed by atoms with E-state index in [0.717, 1.165) is 32.1 Å². The van der Waals surface area contributed by atoms with Crippen LogP contribution in [0.25, 0.3) is 0 Å². The molecule has 4 fully saturated rings. The van der Waals surface area contributed by atoms with E-state index in [1.165, 1.54) is 11.3 Å². The summed E-state index contributed by atoms with van der Waals surface area (Å²) in [5.74, 6) is 0.306. The van der Waals surface area contributed by atoms with E-state index in [1.54, 1.807) is 12.1 Å². The molecule has 1 N–H and O–H groups in total. The van der Waals surface area contributed by atoms with Crippen molar-refractivity contribution >= 4 is 34.7 Å². The van der Waals surface area contributed by atoms with Crippen LogP contribution in [0.15, 0.2) is 12.1 Å². The normalized spacial score (nSPS) is 37.8.